The van der Waals surface area contributed by atoms with Gasteiger partial charge in [-0.1, -0.05) is 25.0 Å². The van der Waals surface area contributed by atoms with Crippen molar-refractivity contribution < 1.29 is 19.1 Å². The predicted molar refractivity (Wildman–Crippen MR) is 107 cm³/mol. The third-order valence-electron chi connectivity index (χ3n) is 5.76. The fraction of sp³-hybridized carbons (Fsp3) is 0.609. The lowest BCUT2D eigenvalue weighted by atomic mass is 9.82. The SMILES string of the molecule is CC(C)(C)NC(=O)CC1(C(=O)OCC(=O)c2ccc3c(c2)CCC3)CCCC1. The van der Waals surface area contributed by atoms with Crippen molar-refractivity contribution >= 4 is 17.7 Å². The monoisotopic (exact) mass is 385 g/mol. The number of Topliss-reactive ketones (excluding diaryl/α,β-unsaturated/α-hetero) is 1. The van der Waals surface area contributed by atoms with E-state index < -0.39 is 11.4 Å². The molecule has 2 aliphatic carbocycles. The smallest absolute Gasteiger partial charge is 0.313 e. The molecule has 0 unspecified atom stereocenters. The van der Waals surface area contributed by atoms with Gasteiger partial charge >= 0.3 is 5.97 Å². The highest BCUT2D eigenvalue weighted by molar-refractivity contribution is 5.98. The van der Waals surface area contributed by atoms with Gasteiger partial charge in [0.1, 0.15) is 0 Å². The second kappa shape index (κ2) is 8.06. The molecular formula is C23H31NO4. The van der Waals surface area contributed by atoms with Gasteiger partial charge < -0.3 is 10.1 Å². The van der Waals surface area contributed by atoms with Gasteiger partial charge in [0.25, 0.3) is 0 Å². The van der Waals surface area contributed by atoms with Gasteiger partial charge in [-0.3, -0.25) is 14.4 Å². The van der Waals surface area contributed by atoms with Crippen molar-refractivity contribution in [2.75, 3.05) is 6.61 Å². The molecule has 0 bridgehead atoms. The molecule has 0 spiro atoms. The molecule has 1 aromatic rings. The summed E-state index contributed by atoms with van der Waals surface area (Å²) in [5.74, 6) is -0.741. The number of ketones is 1. The molecular weight excluding hydrogens is 354 g/mol. The quantitative estimate of drug-likeness (QED) is 0.598. The number of fused-ring (bicyclic) bond motifs is 1. The van der Waals surface area contributed by atoms with Crippen LogP contribution in [-0.2, 0) is 27.2 Å². The number of ether oxygens (including phenoxy) is 1. The number of rotatable bonds is 6. The average molecular weight is 386 g/mol. The number of hydrogen-bond donors (Lipinski definition) is 1. The lowest BCUT2D eigenvalue weighted by Gasteiger charge is -2.28. The molecule has 0 aliphatic heterocycles. The molecule has 0 atom stereocenters. The Labute approximate surface area is 167 Å². The Balaban J connectivity index is 1.61. The van der Waals surface area contributed by atoms with E-state index in [4.69, 9.17) is 4.74 Å². The zero-order valence-corrected chi connectivity index (χ0v) is 17.2. The third-order valence-corrected chi connectivity index (χ3v) is 5.76. The summed E-state index contributed by atoms with van der Waals surface area (Å²) in [5.41, 5.74) is 1.99. The van der Waals surface area contributed by atoms with Crippen molar-refractivity contribution in [2.24, 2.45) is 5.41 Å². The Morgan fingerprint density at radius 3 is 2.39 bits per heavy atom. The number of esters is 1. The van der Waals surface area contributed by atoms with Gasteiger partial charge in [0.05, 0.1) is 5.41 Å². The van der Waals surface area contributed by atoms with E-state index in [2.05, 4.69) is 5.32 Å². The maximum atomic E-state index is 12.8. The minimum atomic E-state index is -0.798. The van der Waals surface area contributed by atoms with E-state index in [0.717, 1.165) is 32.1 Å². The first kappa shape index (κ1) is 20.6. The molecule has 0 heterocycles. The van der Waals surface area contributed by atoms with E-state index >= 15 is 0 Å². The van der Waals surface area contributed by atoms with Crippen molar-refractivity contribution in [1.29, 1.82) is 0 Å². The van der Waals surface area contributed by atoms with Crippen LogP contribution in [0.15, 0.2) is 18.2 Å². The van der Waals surface area contributed by atoms with Crippen LogP contribution in [0.5, 0.6) is 0 Å². The number of carbonyl (C=O) groups is 3. The number of carbonyl (C=O) groups excluding carboxylic acids is 3. The molecule has 0 aromatic heterocycles. The molecule has 1 aromatic carbocycles. The fourth-order valence-corrected chi connectivity index (χ4v) is 4.39. The van der Waals surface area contributed by atoms with E-state index in [-0.39, 0.29) is 30.3 Å². The molecule has 0 radical (unpaired) electrons. The average Bonchev–Trinajstić information content (AvgIpc) is 3.26. The van der Waals surface area contributed by atoms with Crippen LogP contribution in [0.25, 0.3) is 0 Å². The van der Waals surface area contributed by atoms with Crippen molar-refractivity contribution in [3.63, 3.8) is 0 Å². The standard InChI is InChI=1S/C23H31NO4/c1-22(2,3)24-20(26)14-23(11-4-5-12-23)21(27)28-15-19(25)18-10-9-16-7-6-8-17(16)13-18/h9-10,13H,4-8,11-12,14-15H2,1-3H3,(H,24,26). The predicted octanol–water partition coefficient (Wildman–Crippen LogP) is 3.77. The molecule has 0 saturated heterocycles. The number of benzene rings is 1. The molecule has 2 aliphatic rings. The molecule has 5 heteroatoms. The van der Waals surface area contributed by atoms with E-state index in [1.165, 1.54) is 11.1 Å². The fourth-order valence-electron chi connectivity index (χ4n) is 4.39. The number of hydrogen-bond acceptors (Lipinski definition) is 4. The van der Waals surface area contributed by atoms with Gasteiger partial charge in [0.15, 0.2) is 12.4 Å². The first-order valence-corrected chi connectivity index (χ1v) is 10.3. The zero-order chi connectivity index (χ0) is 20.4. The van der Waals surface area contributed by atoms with Gasteiger partial charge in [-0.15, -0.1) is 0 Å². The number of nitrogens with one attached hydrogen (secondary N) is 1. The summed E-state index contributed by atoms with van der Waals surface area (Å²) < 4.78 is 5.43. The van der Waals surface area contributed by atoms with E-state index in [0.29, 0.717) is 18.4 Å². The topological polar surface area (TPSA) is 72.5 Å². The molecule has 5 nitrogen and oxygen atoms in total. The van der Waals surface area contributed by atoms with Crippen molar-refractivity contribution in [1.82, 2.24) is 5.32 Å². The van der Waals surface area contributed by atoms with Crippen LogP contribution in [0, 0.1) is 5.41 Å². The van der Waals surface area contributed by atoms with E-state index in [1.54, 1.807) is 0 Å². The van der Waals surface area contributed by atoms with Gasteiger partial charge in [-0.25, -0.2) is 0 Å². The Bertz CT molecular complexity index is 769. The van der Waals surface area contributed by atoms with Crippen LogP contribution in [0.3, 0.4) is 0 Å². The minimum absolute atomic E-state index is 0.121. The zero-order valence-electron chi connectivity index (χ0n) is 17.2. The second-order valence-corrected chi connectivity index (χ2v) is 9.30. The van der Waals surface area contributed by atoms with Crippen LogP contribution < -0.4 is 5.32 Å². The Kier molecular flexibility index (Phi) is 5.92. The van der Waals surface area contributed by atoms with Crippen molar-refractivity contribution in [2.45, 2.75) is 77.7 Å². The van der Waals surface area contributed by atoms with E-state index in [9.17, 15) is 14.4 Å². The van der Waals surface area contributed by atoms with Crippen LogP contribution >= 0.6 is 0 Å². The highest BCUT2D eigenvalue weighted by Gasteiger charge is 2.44. The Morgan fingerprint density at radius 2 is 1.71 bits per heavy atom. The Morgan fingerprint density at radius 1 is 1.04 bits per heavy atom. The molecule has 1 saturated carbocycles. The summed E-state index contributed by atoms with van der Waals surface area (Å²) in [6, 6.07) is 5.76. The maximum absolute atomic E-state index is 12.8. The van der Waals surface area contributed by atoms with Crippen LogP contribution in [0.4, 0.5) is 0 Å². The lowest BCUT2D eigenvalue weighted by molar-refractivity contribution is -0.157. The summed E-state index contributed by atoms with van der Waals surface area (Å²) in [6.07, 6.45) is 6.39. The first-order chi connectivity index (χ1) is 13.2. The minimum Gasteiger partial charge on any atom is -0.457 e. The molecule has 152 valence electrons. The lowest BCUT2D eigenvalue weighted by Crippen LogP contribution is -2.44. The largest absolute Gasteiger partial charge is 0.457 e. The Hall–Kier alpha value is -2.17. The molecule has 1 amide bonds. The number of amides is 1. The summed E-state index contributed by atoms with van der Waals surface area (Å²) in [7, 11) is 0. The van der Waals surface area contributed by atoms with Crippen LogP contribution in [0.1, 0.15) is 80.8 Å². The summed E-state index contributed by atoms with van der Waals surface area (Å²) >= 11 is 0. The van der Waals surface area contributed by atoms with Gasteiger partial charge in [-0.05, 0) is 70.1 Å². The summed E-state index contributed by atoms with van der Waals surface area (Å²) in [5, 5.41) is 2.93. The van der Waals surface area contributed by atoms with Crippen LogP contribution in [0.2, 0.25) is 0 Å². The van der Waals surface area contributed by atoms with E-state index in [1.807, 2.05) is 39.0 Å². The number of aryl methyl sites for hydroxylation is 2. The van der Waals surface area contributed by atoms with Crippen LogP contribution in [-0.4, -0.2) is 29.8 Å². The van der Waals surface area contributed by atoms with Gasteiger partial charge in [-0.2, -0.15) is 0 Å². The molecule has 28 heavy (non-hydrogen) atoms. The molecule has 1 fully saturated rings. The molecule has 3 rings (SSSR count). The third kappa shape index (κ3) is 4.81. The van der Waals surface area contributed by atoms with Gasteiger partial charge in [0, 0.05) is 17.5 Å². The second-order valence-electron chi connectivity index (χ2n) is 9.30. The highest BCUT2D eigenvalue weighted by atomic mass is 16.5. The maximum Gasteiger partial charge on any atom is 0.313 e. The highest BCUT2D eigenvalue weighted by Crippen LogP contribution is 2.42. The summed E-state index contributed by atoms with van der Waals surface area (Å²) in [4.78, 5) is 37.8. The normalized spacial score (nSPS) is 17.8. The molecule has 1 N–H and O–H groups in total. The van der Waals surface area contributed by atoms with Gasteiger partial charge in [0.2, 0.25) is 5.91 Å². The first-order valence-electron chi connectivity index (χ1n) is 10.3. The summed E-state index contributed by atoms with van der Waals surface area (Å²) in [6.45, 7) is 5.49. The van der Waals surface area contributed by atoms with Crippen molar-refractivity contribution in [3.8, 4) is 0 Å². The van der Waals surface area contributed by atoms with Crippen molar-refractivity contribution in [3.05, 3.63) is 34.9 Å².